The molecule has 4 aromatic rings. The monoisotopic (exact) mass is 1170 g/mol. The highest BCUT2D eigenvalue weighted by atomic mass is 32.2. The molecule has 0 aliphatic carbocycles. The number of pyridine rings is 2. The Morgan fingerprint density at radius 2 is 1.59 bits per heavy atom. The van der Waals surface area contributed by atoms with Crippen LogP contribution in [0.15, 0.2) is 53.3 Å². The van der Waals surface area contributed by atoms with E-state index in [-0.39, 0.29) is 119 Å². The predicted molar refractivity (Wildman–Crippen MR) is 316 cm³/mol. The van der Waals surface area contributed by atoms with E-state index in [0.717, 1.165) is 46.6 Å². The summed E-state index contributed by atoms with van der Waals surface area (Å²) >= 11 is 1.66. The lowest BCUT2D eigenvalue weighted by Crippen LogP contribution is -2.51. The number of primary amides is 1. The van der Waals surface area contributed by atoms with Gasteiger partial charge in [-0.3, -0.25) is 38.5 Å². The third-order valence-electron chi connectivity index (χ3n) is 13.6. The number of fused-ring (bicyclic) bond motifs is 5. The molecule has 25 heteroatoms. The summed E-state index contributed by atoms with van der Waals surface area (Å²) < 4.78 is 18.0. The second kappa shape index (κ2) is 32.7. The van der Waals surface area contributed by atoms with Gasteiger partial charge >= 0.3 is 18.2 Å². The average Bonchev–Trinajstić information content (AvgIpc) is 1.84. The number of aryl methyl sites for hydroxylation is 1. The van der Waals surface area contributed by atoms with Crippen molar-refractivity contribution in [2.24, 2.45) is 17.4 Å². The molecule has 2 aromatic carbocycles. The largest absolute Gasteiger partial charge is 0.458 e. The maximum atomic E-state index is 13.7. The molecule has 0 bridgehead atoms. The average molecular weight is 1180 g/mol. The smallest absolute Gasteiger partial charge is 0.415 e. The number of cyclic esters (lactones) is 1. The number of nitrogens with one attached hydrogen (secondary N) is 3. The molecule has 2 aliphatic heterocycles. The minimum Gasteiger partial charge on any atom is -0.458 e. The zero-order chi connectivity index (χ0) is 61.6. The van der Waals surface area contributed by atoms with Gasteiger partial charge in [-0.25, -0.2) is 19.4 Å². The molecule has 2 aromatic heterocycles. The number of aromatic nitrogens is 2. The molecule has 8 amide bonds. The molecule has 0 fully saturated rings. The van der Waals surface area contributed by atoms with Crippen LogP contribution in [0, 0.1) is 5.92 Å². The van der Waals surface area contributed by atoms with Crippen LogP contribution in [0.4, 0.5) is 15.3 Å². The summed E-state index contributed by atoms with van der Waals surface area (Å²) in [5.74, 6) is -1.72. The first-order chi connectivity index (χ1) is 39.5. The molecule has 3 unspecified atom stereocenters. The van der Waals surface area contributed by atoms with Crippen LogP contribution in [0.1, 0.15) is 116 Å². The predicted octanol–water partition coefficient (Wildman–Crippen LogP) is 4.93. The number of carbonyl (C=O) groups excluding carboxylic acids is 9. The van der Waals surface area contributed by atoms with E-state index in [1.807, 2.05) is 13.8 Å². The highest BCUT2D eigenvalue weighted by molar-refractivity contribution is 7.99. The Morgan fingerprint density at radius 1 is 0.928 bits per heavy atom. The first-order valence-corrected chi connectivity index (χ1v) is 28.7. The number of esters is 1. The van der Waals surface area contributed by atoms with E-state index < -0.39 is 47.5 Å². The fourth-order valence-corrected chi connectivity index (χ4v) is 9.76. The summed E-state index contributed by atoms with van der Waals surface area (Å²) in [6, 6.07) is 12.3. The first-order valence-electron chi connectivity index (χ1n) is 27.7. The third kappa shape index (κ3) is 18.3. The van der Waals surface area contributed by atoms with Gasteiger partial charge in [-0.05, 0) is 97.8 Å². The van der Waals surface area contributed by atoms with Crippen molar-refractivity contribution in [2.75, 3.05) is 57.9 Å². The molecule has 83 heavy (non-hydrogen) atoms. The lowest BCUT2D eigenvalue weighted by atomic mass is 9.86. The maximum absolute atomic E-state index is 13.7. The van der Waals surface area contributed by atoms with Crippen LogP contribution in [0.5, 0.6) is 5.75 Å². The number of carbonyl (C=O) groups is 9. The Kier molecular flexibility index (Phi) is 26.6. The molecular formula is C58H82N10O14S. The first kappa shape index (κ1) is 67.6. The van der Waals surface area contributed by atoms with E-state index in [4.69, 9.17) is 29.7 Å². The number of aliphatic hydroxyl groups is 1. The minimum atomic E-state index is -1.94. The van der Waals surface area contributed by atoms with Gasteiger partial charge in [-0.15, -0.1) is 0 Å². The number of rotatable bonds is 25. The van der Waals surface area contributed by atoms with E-state index in [0.29, 0.717) is 41.0 Å². The Bertz CT molecular complexity index is 3020. The van der Waals surface area contributed by atoms with Crippen LogP contribution in [-0.2, 0) is 74.8 Å². The number of benzene rings is 2. The summed E-state index contributed by atoms with van der Waals surface area (Å²) in [6.45, 7) is 13.8. The lowest BCUT2D eigenvalue weighted by Gasteiger charge is -2.31. The van der Waals surface area contributed by atoms with Gasteiger partial charge < -0.3 is 61.1 Å². The topological polar surface area (TPSA) is 334 Å². The van der Waals surface area contributed by atoms with Crippen LogP contribution >= 0.6 is 11.8 Å². The molecular weight excluding hydrogens is 1090 g/mol. The van der Waals surface area contributed by atoms with Crippen molar-refractivity contribution in [3.8, 4) is 17.1 Å². The van der Waals surface area contributed by atoms with Gasteiger partial charge in [0, 0.05) is 75.4 Å². The molecule has 3 atom stereocenters. The van der Waals surface area contributed by atoms with Gasteiger partial charge in [0.1, 0.15) is 25.0 Å². The van der Waals surface area contributed by atoms with Crippen LogP contribution in [-0.4, -0.2) is 148 Å². The van der Waals surface area contributed by atoms with Gasteiger partial charge in [0.25, 0.3) is 5.56 Å². The number of ether oxygens (including phenoxy) is 3. The summed E-state index contributed by atoms with van der Waals surface area (Å²) in [7, 11) is 3.07. The number of thioether (sulfide) groups is 1. The van der Waals surface area contributed by atoms with Crippen molar-refractivity contribution in [1.29, 1.82) is 0 Å². The zero-order valence-electron chi connectivity index (χ0n) is 48.9. The molecule has 8 N–H and O–H groups in total. The molecule has 24 nitrogen and oxygen atoms in total. The SMILES string of the molecule is CCCN.CCCSC(C)CC(=O)N(C=O)CCCC(=O)NC(C(=O)NCC(=O)Nc1ccc(COC(=O)N(C)CCN(C)C(=O)Oc2ccc3nc4c(c(CC)c3c2)Cn2c-4cc3c(c2=O)COC(=O)C3(O)CC)cc1)C(C)C.NC=O.[HH]. The summed E-state index contributed by atoms with van der Waals surface area (Å²) in [5, 5.41) is 20.0. The van der Waals surface area contributed by atoms with E-state index in [1.54, 1.807) is 85.6 Å². The Hall–Kier alpha value is -7.90. The summed E-state index contributed by atoms with van der Waals surface area (Å²) in [5.41, 5.74) is 11.8. The molecule has 0 saturated heterocycles. The summed E-state index contributed by atoms with van der Waals surface area (Å²) in [6.07, 6.45) is 2.53. The van der Waals surface area contributed by atoms with Gasteiger partial charge in [-0.2, -0.15) is 11.8 Å². The zero-order valence-corrected chi connectivity index (χ0v) is 49.7. The maximum Gasteiger partial charge on any atom is 0.415 e. The van der Waals surface area contributed by atoms with Crippen molar-refractivity contribution >= 4 is 83.0 Å². The molecule has 4 heterocycles. The summed E-state index contributed by atoms with van der Waals surface area (Å²) in [4.78, 5) is 132. The molecule has 2 aliphatic rings. The third-order valence-corrected chi connectivity index (χ3v) is 15.0. The molecule has 0 spiro atoms. The van der Waals surface area contributed by atoms with Gasteiger partial charge in [0.2, 0.25) is 36.4 Å². The number of nitrogens with two attached hydrogens (primary N) is 2. The van der Waals surface area contributed by atoms with Crippen molar-refractivity contribution in [3.05, 3.63) is 86.7 Å². The lowest BCUT2D eigenvalue weighted by molar-refractivity contribution is -0.172. The van der Waals surface area contributed by atoms with Crippen molar-refractivity contribution < 1.29 is 63.9 Å². The molecule has 0 saturated carbocycles. The van der Waals surface area contributed by atoms with E-state index >= 15 is 0 Å². The second-order valence-electron chi connectivity index (χ2n) is 20.2. The van der Waals surface area contributed by atoms with Crippen LogP contribution in [0.3, 0.4) is 0 Å². The number of anilines is 1. The van der Waals surface area contributed by atoms with Crippen LogP contribution in [0.2, 0.25) is 0 Å². The van der Waals surface area contributed by atoms with E-state index in [1.165, 1.54) is 23.9 Å². The van der Waals surface area contributed by atoms with Crippen LogP contribution < -0.4 is 37.7 Å². The Balaban J connectivity index is 0.00000219. The number of likely N-dealkylation sites (N-methyl/N-ethyl adjacent to an activating group) is 2. The molecule has 0 radical (unpaired) electrons. The van der Waals surface area contributed by atoms with Crippen LogP contribution in [0.25, 0.3) is 22.3 Å². The number of imide groups is 1. The standard InChI is InChI=1S/C54H68N8O13S.C3H9N.CH3NO.H2/c1-9-23-76-33(6)24-46(66)61(31-63)20-12-13-44(64)58-47(32(4)5)49(67)55-27-45(65)56-35-16-14-34(15-17-35)29-74-52(70)59(7)21-22-60(8)53(71)75-36-18-19-42-38(25-36)37(10-2)39-28-62-43(48(39)57-42)26-41-40(50(62)68)30-73-51(69)54(41,72)11-3;1-2-3-4;2-1-3;/h14-19,25-26,31-33,47,72H,9-13,20-24,27-30H2,1-8H3,(H,55,67)(H,56,65)(H,58,64);2-4H2,1H3;1H,(H2,2,3);1H. The van der Waals surface area contributed by atoms with E-state index in [2.05, 4.69) is 35.5 Å². The van der Waals surface area contributed by atoms with Crippen molar-refractivity contribution in [2.45, 2.75) is 130 Å². The number of amides is 8. The Labute approximate surface area is 489 Å². The van der Waals surface area contributed by atoms with Gasteiger partial charge in [0.15, 0.2) is 5.60 Å². The van der Waals surface area contributed by atoms with Crippen molar-refractivity contribution in [3.63, 3.8) is 0 Å². The van der Waals surface area contributed by atoms with Gasteiger partial charge in [-0.1, -0.05) is 60.6 Å². The highest BCUT2D eigenvalue weighted by Gasteiger charge is 2.45. The molecule has 454 valence electrons. The highest BCUT2D eigenvalue weighted by Crippen LogP contribution is 2.41. The fourth-order valence-electron chi connectivity index (χ4n) is 8.86. The quantitative estimate of drug-likeness (QED) is 0.0333. The fraction of sp³-hybridized carbons (Fsp3) is 0.500. The normalized spacial score (nSPS) is 14.3. The minimum absolute atomic E-state index is 0. The van der Waals surface area contributed by atoms with Crippen molar-refractivity contribution in [1.82, 2.24) is 34.9 Å². The number of hydrogen-bond acceptors (Lipinski definition) is 17. The number of hydrogen-bond donors (Lipinski definition) is 6. The number of nitrogens with zero attached hydrogens (tertiary/aromatic N) is 5. The second-order valence-corrected chi connectivity index (χ2v) is 21.7. The molecule has 6 rings (SSSR count). The van der Waals surface area contributed by atoms with E-state index in [9.17, 15) is 48.3 Å². The Morgan fingerprint density at radius 3 is 2.19 bits per heavy atom. The van der Waals surface area contributed by atoms with Gasteiger partial charge in [0.05, 0.1) is 35.6 Å².